The van der Waals surface area contributed by atoms with Crippen LogP contribution in [0.3, 0.4) is 0 Å². The van der Waals surface area contributed by atoms with Crippen molar-refractivity contribution in [3.05, 3.63) is 39.3 Å². The zero-order valence-electron chi connectivity index (χ0n) is 13.4. The molecule has 0 saturated heterocycles. The number of nitrogens with one attached hydrogen (secondary N) is 2. The fourth-order valence-electron chi connectivity index (χ4n) is 3.06. The quantitative estimate of drug-likeness (QED) is 0.819. The Morgan fingerprint density at radius 2 is 2.35 bits per heavy atom. The summed E-state index contributed by atoms with van der Waals surface area (Å²) in [6.07, 6.45) is 5.74. The minimum Gasteiger partial charge on any atom is -0.374 e. The molecule has 1 aliphatic rings. The number of H-pyrrole nitrogens is 1. The highest BCUT2D eigenvalue weighted by Gasteiger charge is 2.18. The molecule has 1 aliphatic carbocycles. The van der Waals surface area contributed by atoms with E-state index in [1.165, 1.54) is 24.1 Å². The number of hydrogen-bond donors (Lipinski definition) is 2. The third-order valence-corrected chi connectivity index (χ3v) is 5.32. The highest BCUT2D eigenvalue weighted by Crippen LogP contribution is 2.23. The number of hydrogen-bond acceptors (Lipinski definition) is 4. The summed E-state index contributed by atoms with van der Waals surface area (Å²) in [6, 6.07) is 4.02. The van der Waals surface area contributed by atoms with Crippen LogP contribution in [0.15, 0.2) is 17.5 Å². The molecule has 0 bridgehead atoms. The normalized spacial score (nSPS) is 15.2. The largest absolute Gasteiger partial charge is 0.374 e. The van der Waals surface area contributed by atoms with Crippen molar-refractivity contribution in [1.82, 2.24) is 15.5 Å². The average molecular weight is 333 g/mol. The van der Waals surface area contributed by atoms with Gasteiger partial charge in [0, 0.05) is 37.1 Å². The van der Waals surface area contributed by atoms with Gasteiger partial charge < -0.3 is 10.1 Å². The Hall–Kier alpha value is -1.66. The molecular weight excluding hydrogens is 310 g/mol. The second-order valence-electron chi connectivity index (χ2n) is 5.88. The second-order valence-corrected chi connectivity index (χ2v) is 6.86. The van der Waals surface area contributed by atoms with Gasteiger partial charge in [0.15, 0.2) is 0 Å². The number of carbonyl (C=O) groups is 1. The summed E-state index contributed by atoms with van der Waals surface area (Å²) in [6.45, 7) is 0.508. The van der Waals surface area contributed by atoms with E-state index in [4.69, 9.17) is 4.74 Å². The molecule has 2 N–H and O–H groups in total. The van der Waals surface area contributed by atoms with E-state index in [-0.39, 0.29) is 12.0 Å². The maximum absolute atomic E-state index is 12.1. The molecule has 2 aromatic heterocycles. The molecule has 124 valence electrons. The number of nitrogens with zero attached hydrogens (tertiary/aromatic N) is 1. The molecule has 3 rings (SSSR count). The van der Waals surface area contributed by atoms with Crippen LogP contribution in [0.1, 0.15) is 47.2 Å². The summed E-state index contributed by atoms with van der Waals surface area (Å²) in [4.78, 5) is 13.2. The number of aromatic amines is 1. The van der Waals surface area contributed by atoms with E-state index < -0.39 is 0 Å². The molecule has 6 heteroatoms. The fraction of sp³-hybridized carbons (Fsp3) is 0.529. The molecule has 5 nitrogen and oxygen atoms in total. The number of carbonyl (C=O) groups excluding carboxylic acids is 1. The standard InChI is InChI=1S/C17H23N3O2S/c1-22-15(16-7-4-10-23-16)11-18-17(21)9-8-14-12-5-2-3-6-13(12)19-20-14/h4,7,10,15H,2-3,5-6,8-9,11H2,1H3,(H,18,21)(H,19,20)/t15-/m0/s1. The van der Waals surface area contributed by atoms with E-state index in [0.29, 0.717) is 19.4 Å². The van der Waals surface area contributed by atoms with Crippen molar-refractivity contribution in [2.45, 2.75) is 44.6 Å². The van der Waals surface area contributed by atoms with Gasteiger partial charge in [-0.2, -0.15) is 5.10 Å². The van der Waals surface area contributed by atoms with Crippen LogP contribution in [0, 0.1) is 0 Å². The summed E-state index contributed by atoms with van der Waals surface area (Å²) in [7, 11) is 1.67. The predicted molar refractivity (Wildman–Crippen MR) is 90.6 cm³/mol. The number of thiophene rings is 1. The molecule has 0 fully saturated rings. The third-order valence-electron chi connectivity index (χ3n) is 4.36. The van der Waals surface area contributed by atoms with Gasteiger partial charge in [0.1, 0.15) is 6.10 Å². The Morgan fingerprint density at radius 1 is 1.48 bits per heavy atom. The first-order chi connectivity index (χ1) is 11.3. The molecular formula is C17H23N3O2S. The van der Waals surface area contributed by atoms with E-state index in [9.17, 15) is 4.79 Å². The van der Waals surface area contributed by atoms with Crippen LogP contribution >= 0.6 is 11.3 Å². The van der Waals surface area contributed by atoms with Gasteiger partial charge in [-0.3, -0.25) is 9.89 Å². The molecule has 1 atom stereocenters. The maximum atomic E-state index is 12.1. The minimum atomic E-state index is -0.0721. The van der Waals surface area contributed by atoms with Gasteiger partial charge in [-0.05, 0) is 42.7 Å². The van der Waals surface area contributed by atoms with Crippen molar-refractivity contribution in [1.29, 1.82) is 0 Å². The van der Waals surface area contributed by atoms with Crippen LogP contribution in [-0.2, 0) is 28.8 Å². The fourth-order valence-corrected chi connectivity index (χ4v) is 3.86. The lowest BCUT2D eigenvalue weighted by molar-refractivity contribution is -0.121. The first-order valence-corrected chi connectivity index (χ1v) is 9.03. The number of aromatic nitrogens is 2. The topological polar surface area (TPSA) is 67.0 Å². The van der Waals surface area contributed by atoms with Gasteiger partial charge in [0.2, 0.25) is 5.91 Å². The molecule has 0 spiro atoms. The van der Waals surface area contributed by atoms with Crippen LogP contribution in [0.2, 0.25) is 0 Å². The van der Waals surface area contributed by atoms with Crippen LogP contribution in [0.4, 0.5) is 0 Å². The summed E-state index contributed by atoms with van der Waals surface area (Å²) < 4.78 is 5.45. The third kappa shape index (κ3) is 4.00. The van der Waals surface area contributed by atoms with Gasteiger partial charge in [0.25, 0.3) is 0 Å². The summed E-state index contributed by atoms with van der Waals surface area (Å²) in [5.41, 5.74) is 3.68. The Morgan fingerprint density at radius 3 is 3.13 bits per heavy atom. The number of rotatable bonds is 7. The Kier molecular flexibility index (Phi) is 5.46. The average Bonchev–Trinajstić information content (AvgIpc) is 3.23. The lowest BCUT2D eigenvalue weighted by atomic mass is 9.94. The highest BCUT2D eigenvalue weighted by molar-refractivity contribution is 7.10. The van der Waals surface area contributed by atoms with E-state index in [2.05, 4.69) is 15.5 Å². The molecule has 2 aromatic rings. The van der Waals surface area contributed by atoms with E-state index in [0.717, 1.165) is 23.4 Å². The molecule has 0 aromatic carbocycles. The van der Waals surface area contributed by atoms with Gasteiger partial charge in [-0.25, -0.2) is 0 Å². The predicted octanol–water partition coefficient (Wildman–Crippen LogP) is 2.79. The number of amides is 1. The number of aryl methyl sites for hydroxylation is 2. The molecule has 0 unspecified atom stereocenters. The second kappa shape index (κ2) is 7.75. The monoisotopic (exact) mass is 333 g/mol. The van der Waals surface area contributed by atoms with Crippen LogP contribution in [0.25, 0.3) is 0 Å². The Balaban J connectivity index is 1.47. The SMILES string of the molecule is CO[C@@H](CNC(=O)CCc1n[nH]c2c1CCCC2)c1cccs1. The Labute approximate surface area is 140 Å². The number of fused-ring (bicyclic) bond motifs is 1. The van der Waals surface area contributed by atoms with Gasteiger partial charge in [-0.1, -0.05) is 6.07 Å². The van der Waals surface area contributed by atoms with Crippen molar-refractivity contribution in [2.75, 3.05) is 13.7 Å². The van der Waals surface area contributed by atoms with Crippen molar-refractivity contribution >= 4 is 17.2 Å². The zero-order valence-corrected chi connectivity index (χ0v) is 14.2. The zero-order chi connectivity index (χ0) is 16.1. The summed E-state index contributed by atoms with van der Waals surface area (Å²) in [5.74, 6) is 0.0520. The number of methoxy groups -OCH3 is 1. The lowest BCUT2D eigenvalue weighted by Crippen LogP contribution is -2.29. The minimum absolute atomic E-state index is 0.0520. The Bertz CT molecular complexity index is 636. The van der Waals surface area contributed by atoms with Crippen LogP contribution < -0.4 is 5.32 Å². The molecule has 1 amide bonds. The molecule has 0 aliphatic heterocycles. The molecule has 0 saturated carbocycles. The van der Waals surface area contributed by atoms with Gasteiger partial charge in [-0.15, -0.1) is 11.3 Å². The summed E-state index contributed by atoms with van der Waals surface area (Å²) >= 11 is 1.64. The molecule has 0 radical (unpaired) electrons. The van der Waals surface area contributed by atoms with Crippen molar-refractivity contribution in [2.24, 2.45) is 0 Å². The van der Waals surface area contributed by atoms with Crippen LogP contribution in [-0.4, -0.2) is 29.8 Å². The van der Waals surface area contributed by atoms with Crippen molar-refractivity contribution in [3.63, 3.8) is 0 Å². The first kappa shape index (κ1) is 16.2. The van der Waals surface area contributed by atoms with Crippen molar-refractivity contribution < 1.29 is 9.53 Å². The maximum Gasteiger partial charge on any atom is 0.220 e. The number of ether oxygens (including phenoxy) is 1. The first-order valence-electron chi connectivity index (χ1n) is 8.16. The van der Waals surface area contributed by atoms with Crippen LogP contribution in [0.5, 0.6) is 0 Å². The summed E-state index contributed by atoms with van der Waals surface area (Å²) in [5, 5.41) is 12.5. The molecule has 2 heterocycles. The van der Waals surface area contributed by atoms with Gasteiger partial charge in [0.05, 0.1) is 5.69 Å². The molecule has 23 heavy (non-hydrogen) atoms. The van der Waals surface area contributed by atoms with E-state index >= 15 is 0 Å². The van der Waals surface area contributed by atoms with Crippen molar-refractivity contribution in [3.8, 4) is 0 Å². The highest BCUT2D eigenvalue weighted by atomic mass is 32.1. The van der Waals surface area contributed by atoms with E-state index in [1.807, 2.05) is 17.5 Å². The smallest absolute Gasteiger partial charge is 0.220 e. The van der Waals surface area contributed by atoms with Gasteiger partial charge >= 0.3 is 0 Å². The van der Waals surface area contributed by atoms with E-state index in [1.54, 1.807) is 18.4 Å². The lowest BCUT2D eigenvalue weighted by Gasteiger charge is -2.14.